The predicted octanol–water partition coefficient (Wildman–Crippen LogP) is 2.28. The van der Waals surface area contributed by atoms with Gasteiger partial charge >= 0.3 is 0 Å². The van der Waals surface area contributed by atoms with E-state index in [9.17, 15) is 8.42 Å². The first-order valence-corrected chi connectivity index (χ1v) is 9.87. The Balaban J connectivity index is 1.90. The first-order valence-electron chi connectivity index (χ1n) is 8.32. The molecule has 0 atom stereocenters. The summed E-state index contributed by atoms with van der Waals surface area (Å²) in [6.45, 7) is 1.78. The molecule has 0 aromatic heterocycles. The molecule has 1 saturated heterocycles. The molecule has 3 N–H and O–H groups in total. The number of primary sulfonamides is 1. The lowest BCUT2D eigenvalue weighted by Crippen LogP contribution is -2.46. The largest absolute Gasteiger partial charge is 0.482 e. The molecule has 130 valence electrons. The van der Waals surface area contributed by atoms with Crippen molar-refractivity contribution in [1.82, 2.24) is 5.32 Å². The molecule has 2 heterocycles. The Hall–Kier alpha value is -2.15. The van der Waals surface area contributed by atoms with Crippen molar-refractivity contribution in [2.75, 3.05) is 13.1 Å². The van der Waals surface area contributed by atoms with Crippen LogP contribution in [0.3, 0.4) is 0 Å². The summed E-state index contributed by atoms with van der Waals surface area (Å²) < 4.78 is 29.9. The molecule has 2 aliphatic rings. The summed E-state index contributed by atoms with van der Waals surface area (Å²) in [6.07, 6.45) is 3.90. The van der Waals surface area contributed by atoms with Crippen LogP contribution in [0, 0.1) is 0 Å². The number of nitrogens with two attached hydrogens (primary N) is 1. The van der Waals surface area contributed by atoms with Crippen LogP contribution in [0.25, 0.3) is 5.57 Å². The quantitative estimate of drug-likeness (QED) is 0.865. The second-order valence-electron chi connectivity index (χ2n) is 6.54. The average molecular weight is 356 g/mol. The highest BCUT2D eigenvalue weighted by molar-refractivity contribution is 7.89. The van der Waals surface area contributed by atoms with E-state index in [0.29, 0.717) is 5.75 Å². The number of hydrogen-bond acceptors (Lipinski definition) is 4. The van der Waals surface area contributed by atoms with Gasteiger partial charge in [0, 0.05) is 18.4 Å². The van der Waals surface area contributed by atoms with Gasteiger partial charge in [-0.3, -0.25) is 0 Å². The van der Waals surface area contributed by atoms with Gasteiger partial charge in [0.25, 0.3) is 0 Å². The minimum Gasteiger partial charge on any atom is -0.482 e. The van der Waals surface area contributed by atoms with Crippen LogP contribution in [0.2, 0.25) is 0 Å². The Morgan fingerprint density at radius 2 is 1.76 bits per heavy atom. The second-order valence-corrected chi connectivity index (χ2v) is 8.11. The third-order valence-electron chi connectivity index (χ3n) is 4.83. The molecular weight excluding hydrogens is 336 g/mol. The van der Waals surface area contributed by atoms with Crippen LogP contribution < -0.4 is 15.2 Å². The van der Waals surface area contributed by atoms with Crippen molar-refractivity contribution in [3.8, 4) is 5.75 Å². The van der Waals surface area contributed by atoms with Crippen molar-refractivity contribution in [1.29, 1.82) is 0 Å². The minimum atomic E-state index is -3.77. The van der Waals surface area contributed by atoms with E-state index in [1.165, 1.54) is 6.07 Å². The maximum absolute atomic E-state index is 11.8. The molecule has 1 fully saturated rings. The van der Waals surface area contributed by atoms with Crippen LogP contribution in [0.4, 0.5) is 0 Å². The van der Waals surface area contributed by atoms with Crippen molar-refractivity contribution in [2.24, 2.45) is 5.14 Å². The van der Waals surface area contributed by atoms with Gasteiger partial charge in [-0.25, -0.2) is 13.6 Å². The fourth-order valence-electron chi connectivity index (χ4n) is 3.53. The Morgan fingerprint density at radius 1 is 1.04 bits per heavy atom. The Bertz CT molecular complexity index is 930. The molecule has 0 saturated carbocycles. The van der Waals surface area contributed by atoms with Crippen molar-refractivity contribution in [3.63, 3.8) is 0 Å². The predicted molar refractivity (Wildman–Crippen MR) is 96.8 cm³/mol. The molecular formula is C19H20N2O3S. The number of piperidine rings is 1. The summed E-state index contributed by atoms with van der Waals surface area (Å²) in [5.41, 5.74) is 2.44. The fourth-order valence-corrected chi connectivity index (χ4v) is 4.07. The van der Waals surface area contributed by atoms with Gasteiger partial charge in [-0.15, -0.1) is 0 Å². The first-order chi connectivity index (χ1) is 12.0. The van der Waals surface area contributed by atoms with Gasteiger partial charge < -0.3 is 10.1 Å². The maximum atomic E-state index is 11.8. The smallest absolute Gasteiger partial charge is 0.238 e. The van der Waals surface area contributed by atoms with Gasteiger partial charge in [0.2, 0.25) is 10.0 Å². The highest BCUT2D eigenvalue weighted by atomic mass is 32.2. The first kappa shape index (κ1) is 16.3. The highest BCUT2D eigenvalue weighted by Crippen LogP contribution is 2.43. The standard InChI is InChI=1S/C19H20N2O3S/c20-25(22,23)15-6-7-18-16(12-15)17(14-4-2-1-3-5-14)13-19(24-18)8-10-21-11-9-19/h1-7,12-13,21H,8-11H2,(H2,20,22,23). The number of fused-ring (bicyclic) bond motifs is 1. The molecule has 1 spiro atoms. The lowest BCUT2D eigenvalue weighted by molar-refractivity contribution is 0.0816. The zero-order valence-electron chi connectivity index (χ0n) is 13.7. The third kappa shape index (κ3) is 3.08. The van der Waals surface area contributed by atoms with Crippen molar-refractivity contribution < 1.29 is 13.2 Å². The van der Waals surface area contributed by atoms with E-state index in [0.717, 1.165) is 42.6 Å². The molecule has 0 aliphatic carbocycles. The number of benzene rings is 2. The molecule has 25 heavy (non-hydrogen) atoms. The molecule has 4 rings (SSSR count). The Kier molecular flexibility index (Phi) is 3.91. The van der Waals surface area contributed by atoms with Gasteiger partial charge in [-0.1, -0.05) is 30.3 Å². The maximum Gasteiger partial charge on any atom is 0.238 e. The zero-order valence-corrected chi connectivity index (χ0v) is 14.6. The van der Waals surface area contributed by atoms with Crippen molar-refractivity contribution in [3.05, 3.63) is 65.7 Å². The van der Waals surface area contributed by atoms with Gasteiger partial charge in [-0.05, 0) is 48.5 Å². The van der Waals surface area contributed by atoms with Crippen molar-refractivity contribution >= 4 is 15.6 Å². The second kappa shape index (κ2) is 5.98. The average Bonchev–Trinajstić information content (AvgIpc) is 2.61. The van der Waals surface area contributed by atoms with Gasteiger partial charge in [-0.2, -0.15) is 0 Å². The summed E-state index contributed by atoms with van der Waals surface area (Å²) in [7, 11) is -3.77. The molecule has 0 unspecified atom stereocenters. The van der Waals surface area contributed by atoms with Crippen LogP contribution in [0.1, 0.15) is 24.0 Å². The number of nitrogens with one attached hydrogen (secondary N) is 1. The van der Waals surface area contributed by atoms with Crippen LogP contribution in [-0.2, 0) is 10.0 Å². The summed E-state index contributed by atoms with van der Waals surface area (Å²) in [6, 6.07) is 14.8. The highest BCUT2D eigenvalue weighted by Gasteiger charge is 2.37. The lowest BCUT2D eigenvalue weighted by atomic mass is 9.83. The number of hydrogen-bond donors (Lipinski definition) is 2. The van der Waals surface area contributed by atoms with Crippen LogP contribution >= 0.6 is 0 Å². The molecule has 0 bridgehead atoms. The van der Waals surface area contributed by atoms with E-state index < -0.39 is 10.0 Å². The summed E-state index contributed by atoms with van der Waals surface area (Å²) in [5, 5.41) is 8.67. The Labute approximate surface area is 147 Å². The van der Waals surface area contributed by atoms with E-state index in [-0.39, 0.29) is 10.5 Å². The fraction of sp³-hybridized carbons (Fsp3) is 0.263. The van der Waals surface area contributed by atoms with Gasteiger partial charge in [0.05, 0.1) is 4.90 Å². The number of rotatable bonds is 2. The summed E-state index contributed by atoms with van der Waals surface area (Å²) in [4.78, 5) is 0.0953. The Morgan fingerprint density at radius 3 is 2.44 bits per heavy atom. The van der Waals surface area contributed by atoms with Crippen LogP contribution in [0.5, 0.6) is 5.75 Å². The van der Waals surface area contributed by atoms with E-state index in [1.54, 1.807) is 12.1 Å². The molecule has 2 aromatic rings. The van der Waals surface area contributed by atoms with Crippen LogP contribution in [-0.4, -0.2) is 27.1 Å². The van der Waals surface area contributed by atoms with Crippen molar-refractivity contribution in [2.45, 2.75) is 23.3 Å². The number of ether oxygens (including phenoxy) is 1. The monoisotopic (exact) mass is 356 g/mol. The van der Waals surface area contributed by atoms with E-state index >= 15 is 0 Å². The zero-order chi connectivity index (χ0) is 17.5. The van der Waals surface area contributed by atoms with Gasteiger partial charge in [0.15, 0.2) is 0 Å². The molecule has 6 heteroatoms. The van der Waals surface area contributed by atoms with E-state index in [1.807, 2.05) is 30.3 Å². The normalized spacial score (nSPS) is 19.0. The number of sulfonamides is 1. The summed E-state index contributed by atoms with van der Waals surface area (Å²) in [5.74, 6) is 0.704. The molecule has 5 nitrogen and oxygen atoms in total. The molecule has 2 aromatic carbocycles. The lowest BCUT2D eigenvalue weighted by Gasteiger charge is -2.40. The van der Waals surface area contributed by atoms with Gasteiger partial charge in [0.1, 0.15) is 11.4 Å². The molecule has 2 aliphatic heterocycles. The minimum absolute atomic E-state index is 0.0953. The van der Waals surface area contributed by atoms with E-state index in [4.69, 9.17) is 9.88 Å². The molecule has 0 radical (unpaired) electrons. The SMILES string of the molecule is NS(=O)(=O)c1ccc2c(c1)C(c1ccccc1)=CC1(CCNCC1)O2. The molecule has 0 amide bonds. The van der Waals surface area contributed by atoms with Crippen LogP contribution in [0.15, 0.2) is 59.5 Å². The van der Waals surface area contributed by atoms with E-state index in [2.05, 4.69) is 11.4 Å². The summed E-state index contributed by atoms with van der Waals surface area (Å²) >= 11 is 0. The third-order valence-corrected chi connectivity index (χ3v) is 5.74. The topological polar surface area (TPSA) is 81.4 Å².